The van der Waals surface area contributed by atoms with E-state index in [4.69, 9.17) is 23.1 Å². The van der Waals surface area contributed by atoms with Crippen LogP contribution in [0.15, 0.2) is 0 Å². The summed E-state index contributed by atoms with van der Waals surface area (Å²) in [5.74, 6) is -0.228. The van der Waals surface area contributed by atoms with Crippen molar-refractivity contribution < 1.29 is 14.1 Å². The Bertz CT molecular complexity index is 327. The number of aliphatic carboxylic acids is 1. The SMILES string of the molecule is CS(=O)CCCCNC(=S)[15NH][13CH2][13CH2][13CH2][13CH2][13C@@H]([15NH2])[13C](=O)O. The van der Waals surface area contributed by atoms with Gasteiger partial charge in [0.2, 0.25) is 0 Å². The highest BCUT2D eigenvalue weighted by Crippen LogP contribution is 1.98. The van der Waals surface area contributed by atoms with Gasteiger partial charge in [-0.25, -0.2) is 0 Å². The number of carboxylic acid groups (broad SMARTS) is 1. The smallest absolute Gasteiger partial charge is 0.320 e. The molecular weight excluding hydrogens is 306 g/mol. The molecule has 0 aromatic carbocycles. The molecular formula is C12H25N3O3S2. The Morgan fingerprint density at radius 3 is 2.30 bits per heavy atom. The van der Waals surface area contributed by atoms with Crippen LogP contribution in [0.25, 0.3) is 0 Å². The van der Waals surface area contributed by atoms with Crippen LogP contribution in [0, 0.1) is 0 Å². The minimum absolute atomic E-state index is 0.478. The van der Waals surface area contributed by atoms with Gasteiger partial charge in [-0.05, 0) is 44.3 Å². The zero-order valence-corrected chi connectivity index (χ0v) is 13.5. The highest BCUT2D eigenvalue weighted by molar-refractivity contribution is 7.84. The number of nitrogens with one attached hydrogen (secondary N) is 2. The topological polar surface area (TPSA) is 104 Å². The van der Waals surface area contributed by atoms with E-state index in [1.54, 1.807) is 6.26 Å². The molecule has 0 aromatic heterocycles. The molecule has 0 saturated heterocycles. The predicted octanol–water partition coefficient (Wildman–Crippen LogP) is 0.191. The summed E-state index contributed by atoms with van der Waals surface area (Å²) >= 11 is 5.10. The fraction of sp³-hybridized carbons (Fsp3) is 0.833. The van der Waals surface area contributed by atoms with Crippen molar-refractivity contribution in [3.05, 3.63) is 0 Å². The molecule has 0 spiro atoms. The number of rotatable bonds is 11. The molecule has 0 aliphatic heterocycles. The van der Waals surface area contributed by atoms with Crippen LogP contribution in [0.5, 0.6) is 0 Å². The van der Waals surface area contributed by atoms with Gasteiger partial charge in [0.05, 0.1) is 0 Å². The summed E-state index contributed by atoms with van der Waals surface area (Å²) in [6.45, 7) is 1.48. The third-order valence-corrected chi connectivity index (χ3v) is 3.84. The molecule has 0 heterocycles. The van der Waals surface area contributed by atoms with Gasteiger partial charge in [-0.3, -0.25) is 9.00 Å². The van der Waals surface area contributed by atoms with E-state index < -0.39 is 22.8 Å². The van der Waals surface area contributed by atoms with Gasteiger partial charge in [0.1, 0.15) is 6.04 Å². The van der Waals surface area contributed by atoms with Crippen LogP contribution in [0.2, 0.25) is 0 Å². The number of hydrogen-bond acceptors (Lipinski definition) is 4. The lowest BCUT2D eigenvalue weighted by Crippen LogP contribution is -2.36. The molecule has 8 heteroatoms. The lowest BCUT2D eigenvalue weighted by Gasteiger charge is -2.10. The van der Waals surface area contributed by atoms with E-state index in [-0.39, 0.29) is 0 Å². The third kappa shape index (κ3) is 12.3. The first kappa shape index (κ1) is 19.3. The summed E-state index contributed by atoms with van der Waals surface area (Å²) in [4.78, 5) is 10.5. The van der Waals surface area contributed by atoms with Crippen LogP contribution in [-0.4, -0.2) is 51.5 Å². The van der Waals surface area contributed by atoms with Crippen LogP contribution in [0.1, 0.15) is 32.1 Å². The number of unbranched alkanes of at least 4 members (excludes halogenated alkanes) is 2. The first-order valence-electron chi connectivity index (χ1n) is 6.73. The normalized spacial score (nSPS) is 13.5. The van der Waals surface area contributed by atoms with Gasteiger partial charge < -0.3 is 21.5 Å². The molecule has 0 fully saturated rings. The molecule has 0 amide bonds. The standard InChI is InChI=1S/C12H25N3O3S2/c1-20(18)9-5-4-8-15-12(19)14-7-3-2-6-10(13)11(16)17/h10H,2-9,13H2,1H3,(H,16,17)(H2,14,15,19)/t10-,20?/m1/s1/i2+1,3+1,6+1,7+1,10+1,11+1,13+1,14+1. The number of thiocarbonyl (C=S) groups is 1. The van der Waals surface area contributed by atoms with Crippen LogP contribution < -0.4 is 16.4 Å². The van der Waals surface area contributed by atoms with E-state index in [9.17, 15) is 9.00 Å². The lowest BCUT2D eigenvalue weighted by atomic mass is 10.3. The molecule has 20 heavy (non-hydrogen) atoms. The van der Waals surface area contributed by atoms with Crippen molar-refractivity contribution in [1.29, 1.82) is 0 Å². The average Bonchev–Trinajstić information content (AvgIpc) is 2.37. The Labute approximate surface area is 128 Å². The number of carbonyl (C=O) groups is 1. The fourth-order valence-corrected chi connectivity index (χ4v) is 2.32. The van der Waals surface area contributed by atoms with Gasteiger partial charge in [0.15, 0.2) is 5.11 Å². The molecule has 0 rings (SSSR count). The maximum Gasteiger partial charge on any atom is 0.320 e. The largest absolute Gasteiger partial charge is 0.480 e. The highest BCUT2D eigenvalue weighted by Gasteiger charge is 2.09. The van der Waals surface area contributed by atoms with E-state index in [2.05, 4.69) is 10.6 Å². The van der Waals surface area contributed by atoms with E-state index in [1.807, 2.05) is 0 Å². The summed E-state index contributed by atoms with van der Waals surface area (Å²) in [7, 11) is -0.723. The van der Waals surface area contributed by atoms with Crippen LogP contribution >= 0.6 is 12.2 Å². The fourth-order valence-electron chi connectivity index (χ4n) is 1.51. The van der Waals surface area contributed by atoms with E-state index in [0.717, 1.165) is 38.0 Å². The molecule has 0 saturated carbocycles. The molecule has 1 unspecified atom stereocenters. The Morgan fingerprint density at radius 1 is 1.25 bits per heavy atom. The second-order valence-corrected chi connectivity index (χ2v) is 6.57. The predicted molar refractivity (Wildman–Crippen MR) is 86.2 cm³/mol. The molecule has 118 valence electrons. The van der Waals surface area contributed by atoms with Crippen molar-refractivity contribution in [1.82, 2.24) is 10.6 Å². The molecule has 0 bridgehead atoms. The zero-order valence-electron chi connectivity index (χ0n) is 11.9. The molecule has 0 aromatic rings. The summed E-state index contributed by atoms with van der Waals surface area (Å²) in [6.07, 6.45) is 5.63. The Hall–Kier alpha value is -0.730. The monoisotopic (exact) mass is 331 g/mol. The number of hydrogen-bond donors (Lipinski definition) is 4. The summed E-state index contributed by atoms with van der Waals surface area (Å²) in [5, 5.41) is 15.3. The minimum atomic E-state index is -0.955. The molecule has 0 aliphatic carbocycles. The second kappa shape index (κ2) is 12.0. The van der Waals surface area contributed by atoms with Gasteiger partial charge >= 0.3 is 5.97 Å². The first-order chi connectivity index (χ1) is 9.43. The number of carboxylic acids is 1. The Morgan fingerprint density at radius 2 is 1.80 bits per heavy atom. The van der Waals surface area contributed by atoms with Crippen molar-refractivity contribution in [2.75, 3.05) is 25.1 Å². The maximum absolute atomic E-state index is 10.8. The molecule has 5 N–H and O–H groups in total. The van der Waals surface area contributed by atoms with E-state index in [1.165, 1.54) is 0 Å². The average molecular weight is 331 g/mol. The van der Waals surface area contributed by atoms with E-state index in [0.29, 0.717) is 18.1 Å². The van der Waals surface area contributed by atoms with Crippen LogP contribution in [0.4, 0.5) is 0 Å². The summed E-state index contributed by atoms with van der Waals surface area (Å²) in [5.41, 5.74) is 5.39. The van der Waals surface area contributed by atoms with Gasteiger partial charge in [-0.15, -0.1) is 0 Å². The summed E-state index contributed by atoms with van der Waals surface area (Å²) in [6, 6.07) is -0.774. The van der Waals surface area contributed by atoms with Gasteiger partial charge in [-0.2, -0.15) is 0 Å². The molecule has 0 radical (unpaired) electrons. The first-order valence-corrected chi connectivity index (χ1v) is 8.87. The van der Waals surface area contributed by atoms with Gasteiger partial charge in [-0.1, -0.05) is 0 Å². The third-order valence-electron chi connectivity index (χ3n) is 2.69. The van der Waals surface area contributed by atoms with Crippen molar-refractivity contribution in [3.63, 3.8) is 0 Å². The van der Waals surface area contributed by atoms with Crippen molar-refractivity contribution in [3.8, 4) is 0 Å². The summed E-state index contributed by atoms with van der Waals surface area (Å²) < 4.78 is 10.8. The van der Waals surface area contributed by atoms with Gasteiger partial charge in [0.25, 0.3) is 0 Å². The van der Waals surface area contributed by atoms with Crippen molar-refractivity contribution in [2.45, 2.75) is 38.1 Å². The lowest BCUT2D eigenvalue weighted by molar-refractivity contribution is -0.138. The maximum atomic E-state index is 10.8. The molecule has 0 aliphatic rings. The minimum Gasteiger partial charge on any atom is -0.480 e. The van der Waals surface area contributed by atoms with Crippen LogP contribution in [-0.2, 0) is 15.6 Å². The van der Waals surface area contributed by atoms with Crippen LogP contribution in [0.3, 0.4) is 0 Å². The highest BCUT2D eigenvalue weighted by atomic mass is 32.2. The van der Waals surface area contributed by atoms with E-state index >= 15 is 0 Å². The second-order valence-electron chi connectivity index (χ2n) is 4.61. The zero-order chi connectivity index (χ0) is 15.4. The Kier molecular flexibility index (Phi) is 11.6. The molecule has 6 nitrogen and oxygen atoms in total. The van der Waals surface area contributed by atoms with Crippen molar-refractivity contribution >= 4 is 34.1 Å². The van der Waals surface area contributed by atoms with Gasteiger partial charge in [0, 0.05) is 35.9 Å². The Balaban J connectivity index is 3.37. The number of nitrogens with two attached hydrogens (primary N) is 1. The quantitative estimate of drug-likeness (QED) is 0.185. The molecule has 2 atom stereocenters. The van der Waals surface area contributed by atoms with Crippen molar-refractivity contribution in [2.24, 2.45) is 5.73 Å².